The number of nitrogens with zero attached hydrogens (tertiary/aromatic N) is 2. The van der Waals surface area contributed by atoms with Gasteiger partial charge in [-0.05, 0) is 165 Å². The van der Waals surface area contributed by atoms with Gasteiger partial charge in [0.05, 0.1) is 11.7 Å². The lowest BCUT2D eigenvalue weighted by atomic mass is 9.69. The van der Waals surface area contributed by atoms with E-state index in [2.05, 4.69) is 184 Å². The number of aliphatic hydroxyl groups excluding tert-OH is 2. The van der Waals surface area contributed by atoms with Crippen LogP contribution in [0, 0.1) is 0 Å². The van der Waals surface area contributed by atoms with Crippen molar-refractivity contribution in [1.82, 2.24) is 8.75 Å². The minimum absolute atomic E-state index is 0.101. The summed E-state index contributed by atoms with van der Waals surface area (Å²) in [5.41, 5.74) is 23.4. The van der Waals surface area contributed by atoms with Crippen molar-refractivity contribution in [2.45, 2.75) is 179 Å². The van der Waals surface area contributed by atoms with E-state index in [4.69, 9.17) is 8.75 Å². The van der Waals surface area contributed by atoms with Crippen LogP contribution in [0.25, 0.3) is 97.3 Å². The number of hydrogen-bond donors (Lipinski definition) is 2. The maximum Gasteiger partial charge on any atom is 0.114 e. The third-order valence-corrected chi connectivity index (χ3v) is 22.5. The van der Waals surface area contributed by atoms with Gasteiger partial charge in [-0.15, -0.1) is 22.7 Å². The zero-order valence-corrected chi connectivity index (χ0v) is 54.0. The van der Waals surface area contributed by atoms with Crippen LogP contribution in [0.15, 0.2) is 170 Å². The van der Waals surface area contributed by atoms with Crippen LogP contribution in [0.4, 0.5) is 0 Å². The van der Waals surface area contributed by atoms with Gasteiger partial charge in [0.2, 0.25) is 0 Å². The van der Waals surface area contributed by atoms with Gasteiger partial charge in [-0.2, -0.15) is 8.75 Å². The molecule has 12 rings (SSSR count). The van der Waals surface area contributed by atoms with E-state index in [-0.39, 0.29) is 24.0 Å². The molecule has 0 amide bonds. The predicted octanol–water partition coefficient (Wildman–Crippen LogP) is 23.7. The van der Waals surface area contributed by atoms with E-state index in [0.717, 1.165) is 99.2 Å². The molecule has 0 radical (unpaired) electrons. The molecule has 0 unspecified atom stereocenters. The topological polar surface area (TPSA) is 66.2 Å². The van der Waals surface area contributed by atoms with E-state index in [1.807, 2.05) is 22.7 Å². The monoisotopic (exact) mass is 1200 g/mol. The van der Waals surface area contributed by atoms with Gasteiger partial charge in [-0.25, -0.2) is 0 Å². The quantitative estimate of drug-likeness (QED) is 0.0413. The summed E-state index contributed by atoms with van der Waals surface area (Å²) in [6, 6.07) is 65.4. The van der Waals surface area contributed by atoms with Crippen molar-refractivity contribution in [2.75, 3.05) is 13.2 Å². The molecule has 0 aliphatic heterocycles. The van der Waals surface area contributed by atoms with Crippen molar-refractivity contribution >= 4 is 45.4 Å². The minimum Gasteiger partial charge on any atom is -0.396 e. The number of aliphatic hydroxyl groups is 2. The number of hydrogen-bond acceptors (Lipinski definition) is 7. The highest BCUT2D eigenvalue weighted by Crippen LogP contribution is 2.59. The molecule has 7 aromatic carbocycles. The Kier molecular flexibility index (Phi) is 20.2. The summed E-state index contributed by atoms with van der Waals surface area (Å²) >= 11 is 5.02. The second-order valence-corrected chi connectivity index (χ2v) is 27.9. The largest absolute Gasteiger partial charge is 0.396 e. The Labute approximate surface area is 531 Å². The van der Waals surface area contributed by atoms with Gasteiger partial charge in [-0.1, -0.05) is 251 Å². The molecule has 0 bridgehead atoms. The molecule has 2 N–H and O–H groups in total. The van der Waals surface area contributed by atoms with E-state index < -0.39 is 0 Å². The second kappa shape index (κ2) is 28.9. The highest BCUT2D eigenvalue weighted by molar-refractivity contribution is 7.19. The number of rotatable bonds is 32. The molecule has 7 heteroatoms. The Hall–Kier alpha value is -6.32. The van der Waals surface area contributed by atoms with E-state index in [9.17, 15) is 10.2 Å². The first-order chi connectivity index (χ1) is 43.0. The molecular formula is C80H88N2O2S3. The first-order valence-corrected chi connectivity index (χ1v) is 35.7. The molecule has 448 valence electrons. The molecule has 0 fully saturated rings. The Morgan fingerprint density at radius 1 is 0.299 bits per heavy atom. The zero-order valence-electron chi connectivity index (χ0n) is 51.6. The lowest BCUT2D eigenvalue weighted by molar-refractivity contribution is 0.279. The summed E-state index contributed by atoms with van der Waals surface area (Å²) in [4.78, 5) is 5.00. The van der Waals surface area contributed by atoms with Gasteiger partial charge in [0.25, 0.3) is 0 Å². The fraction of sp³-hybridized carbons (Fsp3) is 0.375. The van der Waals surface area contributed by atoms with Crippen LogP contribution >= 0.6 is 34.4 Å². The molecule has 0 saturated heterocycles. The van der Waals surface area contributed by atoms with Crippen LogP contribution < -0.4 is 0 Å². The highest BCUT2D eigenvalue weighted by Gasteiger charge is 2.45. The number of thiophene rings is 2. The smallest absolute Gasteiger partial charge is 0.114 e. The Balaban J connectivity index is 0.927. The average Bonchev–Trinajstić information content (AvgIpc) is 1.60. The number of benzene rings is 7. The third-order valence-electron chi connectivity index (χ3n) is 19.6. The van der Waals surface area contributed by atoms with E-state index in [1.165, 1.54) is 186 Å². The summed E-state index contributed by atoms with van der Waals surface area (Å²) < 4.78 is 9.89. The van der Waals surface area contributed by atoms with E-state index in [1.54, 1.807) is 0 Å². The molecule has 2 aliphatic rings. The first kappa shape index (κ1) is 60.9. The summed E-state index contributed by atoms with van der Waals surface area (Å²) in [7, 11) is 0. The third kappa shape index (κ3) is 13.0. The van der Waals surface area contributed by atoms with E-state index >= 15 is 0 Å². The van der Waals surface area contributed by atoms with Crippen molar-refractivity contribution in [3.05, 3.63) is 192 Å². The van der Waals surface area contributed by atoms with E-state index in [0.29, 0.717) is 0 Å². The van der Waals surface area contributed by atoms with Gasteiger partial charge in [0.15, 0.2) is 0 Å². The Morgan fingerprint density at radius 3 is 1.03 bits per heavy atom. The molecule has 0 saturated carbocycles. The molecule has 87 heavy (non-hydrogen) atoms. The van der Waals surface area contributed by atoms with Crippen LogP contribution in [0.1, 0.15) is 190 Å². The first-order valence-electron chi connectivity index (χ1n) is 33.3. The molecule has 10 aromatic rings. The fourth-order valence-corrected chi connectivity index (χ4v) is 17.6. The summed E-state index contributed by atoms with van der Waals surface area (Å²) in [5.74, 6) is 0. The number of unbranched alkanes of at least 4 members (excludes halogenated alkanes) is 16. The molecule has 0 spiro atoms. The van der Waals surface area contributed by atoms with Gasteiger partial charge >= 0.3 is 0 Å². The minimum atomic E-state index is -0.141. The van der Waals surface area contributed by atoms with Crippen LogP contribution in [0.5, 0.6) is 0 Å². The van der Waals surface area contributed by atoms with Crippen molar-refractivity contribution in [3.8, 4) is 86.3 Å². The van der Waals surface area contributed by atoms with Crippen LogP contribution in [0.2, 0.25) is 0 Å². The van der Waals surface area contributed by atoms with Gasteiger partial charge in [0.1, 0.15) is 11.0 Å². The SMILES string of the molecule is CCCCCCCCC1(CCCCCCCC)c2cc(-c3ccc4c(c3)C(CCCCCCO)(CCCCCCO)c3cc(-c5ccccc5)ccc3-4)ccc2-c2ccc(-c3ccc(-c4ccc(-c5ccc(-c6ccccc6)s5)c5nsnc45)s3)cc21. The Morgan fingerprint density at radius 2 is 0.621 bits per heavy atom. The summed E-state index contributed by atoms with van der Waals surface area (Å²) in [5, 5.41) is 19.6. The molecule has 4 nitrogen and oxygen atoms in total. The molecule has 3 heterocycles. The number of fused-ring (bicyclic) bond motifs is 7. The number of aromatic nitrogens is 2. The maximum absolute atomic E-state index is 9.81. The standard InChI is InChI=1S/C80H88N2O2S3/c1-3-5-7-9-11-23-47-80(48-24-12-10-8-6-4-2)71-55-61(60-34-38-64-63-37-33-59(57-29-19-17-20-30-57)53-69(63)79(70(64)54-60,49-25-13-15-27-51-83)50-26-14-16-28-52-84)35-39-65(71)66-40-36-62(56-72(66)80)74-44-46-76(86-74)68-42-41-67(77-78(68)82-87-81-77)75-45-43-73(85-75)58-31-21-18-22-32-58/h17-22,29-46,53-56,83-84H,3-16,23-28,47-52H2,1-2H3. The van der Waals surface area contributed by atoms with Crippen LogP contribution in [0.3, 0.4) is 0 Å². The lowest BCUT2D eigenvalue weighted by Crippen LogP contribution is -2.26. The van der Waals surface area contributed by atoms with Crippen molar-refractivity contribution in [3.63, 3.8) is 0 Å². The van der Waals surface area contributed by atoms with Gasteiger partial charge in [0, 0.05) is 54.7 Å². The lowest BCUT2D eigenvalue weighted by Gasteiger charge is -2.34. The fourth-order valence-electron chi connectivity index (χ4n) is 15.0. The maximum atomic E-state index is 9.81. The average molecular weight is 1210 g/mol. The zero-order chi connectivity index (χ0) is 59.4. The predicted molar refractivity (Wildman–Crippen MR) is 375 cm³/mol. The molecule has 0 atom stereocenters. The summed E-state index contributed by atoms with van der Waals surface area (Å²) in [6.07, 6.45) is 28.2. The van der Waals surface area contributed by atoms with Crippen molar-refractivity contribution < 1.29 is 10.2 Å². The van der Waals surface area contributed by atoms with Gasteiger partial charge < -0.3 is 10.2 Å². The normalized spacial score (nSPS) is 13.5. The van der Waals surface area contributed by atoms with Gasteiger partial charge in [-0.3, -0.25) is 0 Å². The highest BCUT2D eigenvalue weighted by atomic mass is 32.1. The second-order valence-electron chi connectivity index (χ2n) is 25.2. The molecule has 3 aromatic heterocycles. The van der Waals surface area contributed by atoms with Crippen LogP contribution in [-0.4, -0.2) is 32.2 Å². The molecule has 2 aliphatic carbocycles. The Bertz CT molecular complexity index is 3840. The van der Waals surface area contributed by atoms with Crippen molar-refractivity contribution in [2.24, 2.45) is 0 Å². The summed E-state index contributed by atoms with van der Waals surface area (Å²) in [6.45, 7) is 5.17. The molecular weight excluding hydrogens is 1120 g/mol. The van der Waals surface area contributed by atoms with Crippen molar-refractivity contribution in [1.29, 1.82) is 0 Å². The van der Waals surface area contributed by atoms with Crippen LogP contribution in [-0.2, 0) is 10.8 Å².